The largest absolute Gasteiger partial charge is 0.300 e. The predicted molar refractivity (Wildman–Crippen MR) is 33.8 cm³/mol. The van der Waals surface area contributed by atoms with E-state index in [2.05, 4.69) is 11.8 Å². The molecule has 2 fully saturated rings. The number of hydrogen-bond donors (Lipinski definition) is 0. The van der Waals surface area contributed by atoms with Crippen LogP contribution in [-0.4, -0.2) is 24.0 Å². The highest BCUT2D eigenvalue weighted by molar-refractivity contribution is 4.88. The minimum absolute atomic E-state index is 0.911. The van der Waals surface area contributed by atoms with Gasteiger partial charge in [-0.1, -0.05) is 0 Å². The summed E-state index contributed by atoms with van der Waals surface area (Å²) in [7, 11) is 0. The first-order valence-corrected chi connectivity index (χ1v) is 3.60. The Morgan fingerprint density at radius 1 is 1.50 bits per heavy atom. The Kier molecular flexibility index (Phi) is 0.884. The van der Waals surface area contributed by atoms with Crippen molar-refractivity contribution < 1.29 is 0 Å². The highest BCUT2D eigenvalue weighted by atomic mass is 15.2. The first-order valence-electron chi connectivity index (χ1n) is 3.60. The molecule has 8 heavy (non-hydrogen) atoms. The summed E-state index contributed by atoms with van der Waals surface area (Å²) in [5, 5.41) is 0. The van der Waals surface area contributed by atoms with Crippen molar-refractivity contribution in [3.05, 3.63) is 0 Å². The van der Waals surface area contributed by atoms with Crippen LogP contribution in [0.25, 0.3) is 0 Å². The molecule has 2 heterocycles. The van der Waals surface area contributed by atoms with Crippen LogP contribution in [0, 0.1) is 5.92 Å². The van der Waals surface area contributed by atoms with Gasteiger partial charge in [-0.3, -0.25) is 0 Å². The Balaban J connectivity index is 2.11. The van der Waals surface area contributed by atoms with E-state index in [9.17, 15) is 0 Å². The Hall–Kier alpha value is -0.0400. The summed E-state index contributed by atoms with van der Waals surface area (Å²) in [6.45, 7) is 5.13. The summed E-state index contributed by atoms with van der Waals surface area (Å²) in [6.07, 6.45) is 2.95. The third kappa shape index (κ3) is 0.510. The van der Waals surface area contributed by atoms with Crippen LogP contribution in [0.2, 0.25) is 0 Å². The van der Waals surface area contributed by atoms with E-state index in [-0.39, 0.29) is 0 Å². The molecule has 0 aromatic rings. The van der Waals surface area contributed by atoms with E-state index in [1.54, 1.807) is 0 Å². The topological polar surface area (TPSA) is 3.24 Å². The van der Waals surface area contributed by atoms with Gasteiger partial charge < -0.3 is 4.90 Å². The monoisotopic (exact) mass is 111 g/mol. The van der Waals surface area contributed by atoms with Crippen molar-refractivity contribution in [2.75, 3.05) is 13.1 Å². The predicted octanol–water partition coefficient (Wildman–Crippen LogP) is 1.10. The Bertz CT molecular complexity index is 98.6. The molecule has 0 N–H and O–H groups in total. The van der Waals surface area contributed by atoms with Gasteiger partial charge >= 0.3 is 0 Å². The lowest BCUT2D eigenvalue weighted by atomic mass is 10.0. The lowest BCUT2D eigenvalue weighted by Gasteiger charge is -2.19. The molecule has 1 heteroatoms. The van der Waals surface area contributed by atoms with Crippen molar-refractivity contribution in [3.63, 3.8) is 0 Å². The number of fused-ring (bicyclic) bond motifs is 2. The summed E-state index contributed by atoms with van der Waals surface area (Å²) < 4.78 is 0. The molecule has 3 unspecified atom stereocenters. The fraction of sp³-hybridized carbons (Fsp3) is 1.00. The second-order valence-electron chi connectivity index (χ2n) is 3.23. The van der Waals surface area contributed by atoms with Crippen molar-refractivity contribution >= 4 is 0 Å². The lowest BCUT2D eigenvalue weighted by molar-refractivity contribution is 0.280. The van der Waals surface area contributed by atoms with Crippen LogP contribution in [0.5, 0.6) is 0 Å². The van der Waals surface area contributed by atoms with Crippen LogP contribution in [0.4, 0.5) is 0 Å². The third-order valence-electron chi connectivity index (χ3n) is 2.62. The summed E-state index contributed by atoms with van der Waals surface area (Å²) >= 11 is 0. The fourth-order valence-corrected chi connectivity index (χ4v) is 2.09. The molecule has 2 aliphatic rings. The van der Waals surface area contributed by atoms with Gasteiger partial charge in [-0.2, -0.15) is 0 Å². The van der Waals surface area contributed by atoms with E-state index < -0.39 is 0 Å². The van der Waals surface area contributed by atoms with Gasteiger partial charge in [0.05, 0.1) is 0 Å². The molecule has 0 saturated carbocycles. The van der Waals surface area contributed by atoms with Crippen molar-refractivity contribution in [3.8, 4) is 0 Å². The quantitative estimate of drug-likeness (QED) is 0.452. The van der Waals surface area contributed by atoms with Crippen molar-refractivity contribution in [2.24, 2.45) is 5.92 Å². The second kappa shape index (κ2) is 1.47. The smallest absolute Gasteiger partial charge is 0.00701 e. The van der Waals surface area contributed by atoms with Crippen LogP contribution in [0.15, 0.2) is 0 Å². The number of piperidine rings is 1. The van der Waals surface area contributed by atoms with E-state index in [1.807, 2.05) is 0 Å². The average Bonchev–Trinajstić information content (AvgIpc) is 2.23. The fourth-order valence-electron chi connectivity index (χ4n) is 2.09. The molecule has 2 bridgehead atoms. The molecule has 0 amide bonds. The van der Waals surface area contributed by atoms with Gasteiger partial charge in [0.2, 0.25) is 0 Å². The minimum Gasteiger partial charge on any atom is -0.300 e. The Morgan fingerprint density at radius 2 is 2.38 bits per heavy atom. The van der Waals surface area contributed by atoms with E-state index in [4.69, 9.17) is 0 Å². The first-order chi connectivity index (χ1) is 3.86. The van der Waals surface area contributed by atoms with Gasteiger partial charge in [0, 0.05) is 12.6 Å². The van der Waals surface area contributed by atoms with Crippen LogP contribution in [0.3, 0.4) is 0 Å². The molecule has 2 aliphatic heterocycles. The zero-order valence-corrected chi connectivity index (χ0v) is 5.43. The number of hydrogen-bond acceptors (Lipinski definition) is 1. The second-order valence-corrected chi connectivity index (χ2v) is 3.23. The highest BCUT2D eigenvalue weighted by Gasteiger charge is 2.34. The van der Waals surface area contributed by atoms with E-state index in [0.717, 1.165) is 12.0 Å². The standard InChI is InChI=1S/C7H13N/c1-6-4-7-2-3-8(6)5-7/h6-7H,2-5H2,1H3. The number of nitrogens with zero attached hydrogens (tertiary/aromatic N) is 1. The summed E-state index contributed by atoms with van der Waals surface area (Å²) in [4.78, 5) is 2.60. The van der Waals surface area contributed by atoms with Crippen molar-refractivity contribution in [1.82, 2.24) is 4.90 Å². The molecular weight excluding hydrogens is 98.1 g/mol. The highest BCUT2D eigenvalue weighted by Crippen LogP contribution is 2.31. The van der Waals surface area contributed by atoms with Gasteiger partial charge in [0.25, 0.3) is 0 Å². The molecular formula is C7H13N. The lowest BCUT2D eigenvalue weighted by Crippen LogP contribution is -2.25. The maximum atomic E-state index is 2.60. The van der Waals surface area contributed by atoms with Crippen LogP contribution >= 0.6 is 0 Å². The van der Waals surface area contributed by atoms with Gasteiger partial charge in [0.1, 0.15) is 0 Å². The number of rotatable bonds is 0. The van der Waals surface area contributed by atoms with Crippen LogP contribution < -0.4 is 0 Å². The summed E-state index contributed by atoms with van der Waals surface area (Å²) in [5.74, 6) is 1.07. The first kappa shape index (κ1) is 4.80. The molecule has 46 valence electrons. The molecule has 0 spiro atoms. The molecule has 0 radical (unpaired) electrons. The summed E-state index contributed by atoms with van der Waals surface area (Å²) in [6, 6.07) is 0.911. The third-order valence-corrected chi connectivity index (χ3v) is 2.62. The molecule has 0 aromatic heterocycles. The summed E-state index contributed by atoms with van der Waals surface area (Å²) in [5.41, 5.74) is 0. The molecule has 2 rings (SSSR count). The SMILES string of the molecule is CC1CC2CCN1C2. The minimum atomic E-state index is 0.911. The zero-order valence-electron chi connectivity index (χ0n) is 5.43. The van der Waals surface area contributed by atoms with Crippen molar-refractivity contribution in [2.45, 2.75) is 25.8 Å². The van der Waals surface area contributed by atoms with Gasteiger partial charge in [0.15, 0.2) is 0 Å². The van der Waals surface area contributed by atoms with E-state index in [0.29, 0.717) is 0 Å². The normalized spacial score (nSPS) is 52.9. The van der Waals surface area contributed by atoms with Crippen molar-refractivity contribution in [1.29, 1.82) is 0 Å². The molecule has 3 atom stereocenters. The van der Waals surface area contributed by atoms with Gasteiger partial charge in [-0.15, -0.1) is 0 Å². The van der Waals surface area contributed by atoms with E-state index in [1.165, 1.54) is 25.9 Å². The average molecular weight is 111 g/mol. The Morgan fingerprint density at radius 3 is 2.62 bits per heavy atom. The maximum absolute atomic E-state index is 2.60. The maximum Gasteiger partial charge on any atom is 0.00701 e. The zero-order chi connectivity index (χ0) is 5.56. The van der Waals surface area contributed by atoms with Gasteiger partial charge in [-0.25, -0.2) is 0 Å². The van der Waals surface area contributed by atoms with Crippen LogP contribution in [0.1, 0.15) is 19.8 Å². The molecule has 2 saturated heterocycles. The Labute approximate surface area is 50.7 Å². The molecule has 1 nitrogen and oxygen atoms in total. The van der Waals surface area contributed by atoms with Crippen LogP contribution in [-0.2, 0) is 0 Å². The van der Waals surface area contributed by atoms with E-state index >= 15 is 0 Å². The molecule has 0 aromatic carbocycles. The van der Waals surface area contributed by atoms with Gasteiger partial charge in [-0.05, 0) is 32.2 Å². The molecule has 0 aliphatic carbocycles.